The lowest BCUT2D eigenvalue weighted by atomic mass is 10.1. The van der Waals surface area contributed by atoms with Crippen LogP contribution in [-0.4, -0.2) is 22.5 Å². The zero-order valence-corrected chi connectivity index (χ0v) is 11.2. The fraction of sp³-hybridized carbons (Fsp3) is 0.231. The molecule has 0 amide bonds. The summed E-state index contributed by atoms with van der Waals surface area (Å²) in [6.45, 7) is 1.34. The quantitative estimate of drug-likeness (QED) is 0.493. The van der Waals surface area contributed by atoms with Crippen molar-refractivity contribution >= 4 is 22.6 Å². The number of carbonyl (C=O) groups excluding carboxylic acids is 1. The smallest absolute Gasteiger partial charge is 0.434 e. The molecule has 9 heteroatoms. The highest BCUT2D eigenvalue weighted by atomic mass is 19.4. The van der Waals surface area contributed by atoms with E-state index in [2.05, 4.69) is 9.72 Å². The molecule has 0 aliphatic heterocycles. The van der Waals surface area contributed by atoms with Gasteiger partial charge in [0.15, 0.2) is 5.69 Å². The fourth-order valence-corrected chi connectivity index (χ4v) is 1.86. The molecule has 0 spiro atoms. The monoisotopic (exact) mass is 314 g/mol. The van der Waals surface area contributed by atoms with E-state index in [9.17, 15) is 28.1 Å². The molecule has 0 atom stereocenters. The topological polar surface area (TPSA) is 82.3 Å². The summed E-state index contributed by atoms with van der Waals surface area (Å²) in [7, 11) is 0. The highest BCUT2D eigenvalue weighted by molar-refractivity contribution is 5.95. The van der Waals surface area contributed by atoms with Crippen LogP contribution in [0.25, 0.3) is 10.9 Å². The molecule has 0 saturated carbocycles. The van der Waals surface area contributed by atoms with E-state index >= 15 is 0 Å². The average Bonchev–Trinajstić information content (AvgIpc) is 2.44. The van der Waals surface area contributed by atoms with Crippen LogP contribution in [0.5, 0.6) is 0 Å². The summed E-state index contributed by atoms with van der Waals surface area (Å²) in [6, 6.07) is 4.08. The van der Waals surface area contributed by atoms with Crippen LogP contribution in [0, 0.1) is 10.1 Å². The van der Waals surface area contributed by atoms with Gasteiger partial charge in [0.05, 0.1) is 22.6 Å². The number of carbonyl (C=O) groups is 1. The molecule has 22 heavy (non-hydrogen) atoms. The van der Waals surface area contributed by atoms with Gasteiger partial charge in [0.2, 0.25) is 0 Å². The first-order valence-electron chi connectivity index (χ1n) is 6.07. The summed E-state index contributed by atoms with van der Waals surface area (Å²) < 4.78 is 43.6. The molecule has 0 N–H and O–H groups in total. The van der Waals surface area contributed by atoms with Gasteiger partial charge in [0, 0.05) is 17.5 Å². The van der Waals surface area contributed by atoms with Crippen molar-refractivity contribution in [1.82, 2.24) is 4.98 Å². The lowest BCUT2D eigenvalue weighted by Gasteiger charge is -2.12. The third-order valence-corrected chi connectivity index (χ3v) is 2.77. The molecule has 0 unspecified atom stereocenters. The maximum absolute atomic E-state index is 13.0. The largest absolute Gasteiger partial charge is 0.462 e. The molecule has 1 heterocycles. The van der Waals surface area contributed by atoms with E-state index in [1.54, 1.807) is 0 Å². The van der Waals surface area contributed by atoms with Gasteiger partial charge < -0.3 is 4.74 Å². The molecular formula is C13H9F3N2O4. The van der Waals surface area contributed by atoms with Gasteiger partial charge in [0.25, 0.3) is 5.69 Å². The molecule has 0 aliphatic rings. The highest BCUT2D eigenvalue weighted by Gasteiger charge is 2.38. The zero-order chi connectivity index (χ0) is 16.5. The van der Waals surface area contributed by atoms with Crippen LogP contribution in [0.3, 0.4) is 0 Å². The van der Waals surface area contributed by atoms with Crippen LogP contribution in [0.1, 0.15) is 23.0 Å². The number of pyridine rings is 1. The van der Waals surface area contributed by atoms with Gasteiger partial charge in [-0.15, -0.1) is 0 Å². The number of rotatable bonds is 3. The predicted octanol–water partition coefficient (Wildman–Crippen LogP) is 3.34. The number of nitrogens with zero attached hydrogens (tertiary/aromatic N) is 2. The molecule has 116 valence electrons. The first kappa shape index (κ1) is 15.7. The number of nitro groups is 1. The summed E-state index contributed by atoms with van der Waals surface area (Å²) in [4.78, 5) is 25.1. The molecule has 0 saturated heterocycles. The molecule has 2 rings (SSSR count). The third-order valence-electron chi connectivity index (χ3n) is 2.77. The molecular weight excluding hydrogens is 305 g/mol. The lowest BCUT2D eigenvalue weighted by Crippen LogP contribution is -2.17. The van der Waals surface area contributed by atoms with Crippen LogP contribution in [0.2, 0.25) is 0 Å². The highest BCUT2D eigenvalue weighted by Crippen LogP contribution is 2.33. The number of hydrogen-bond acceptors (Lipinski definition) is 5. The van der Waals surface area contributed by atoms with Crippen molar-refractivity contribution in [3.8, 4) is 0 Å². The van der Waals surface area contributed by atoms with Crippen LogP contribution >= 0.6 is 0 Å². The van der Waals surface area contributed by atoms with Gasteiger partial charge in [-0.1, -0.05) is 0 Å². The van der Waals surface area contributed by atoms with E-state index in [0.29, 0.717) is 0 Å². The second-order valence-electron chi connectivity index (χ2n) is 4.24. The Hall–Kier alpha value is -2.71. The summed E-state index contributed by atoms with van der Waals surface area (Å²) in [6.07, 6.45) is -4.85. The number of halogens is 3. The van der Waals surface area contributed by atoms with E-state index in [1.807, 2.05) is 0 Å². The second-order valence-corrected chi connectivity index (χ2v) is 4.24. The van der Waals surface area contributed by atoms with Gasteiger partial charge in [-0.05, 0) is 19.1 Å². The standard InChI is InChI=1S/C13H9F3N2O4/c1-2-22-12(19)9-6-7-5-8(18(20)21)3-4-10(7)17-11(9)13(14,15)16/h3-6H,2H2,1H3. The number of nitro benzene ring substituents is 1. The van der Waals surface area contributed by atoms with Crippen LogP contribution in [-0.2, 0) is 10.9 Å². The minimum Gasteiger partial charge on any atom is -0.462 e. The van der Waals surface area contributed by atoms with Gasteiger partial charge in [-0.2, -0.15) is 13.2 Å². The molecule has 0 radical (unpaired) electrons. The maximum atomic E-state index is 13.0. The van der Waals surface area contributed by atoms with Crippen molar-refractivity contribution in [3.63, 3.8) is 0 Å². The van der Waals surface area contributed by atoms with Crippen molar-refractivity contribution < 1.29 is 27.6 Å². The Balaban J connectivity index is 2.71. The minimum absolute atomic E-state index is 0.0465. The molecule has 1 aromatic carbocycles. The number of aromatic nitrogens is 1. The van der Waals surface area contributed by atoms with Crippen molar-refractivity contribution in [2.24, 2.45) is 0 Å². The Morgan fingerprint density at radius 2 is 2.05 bits per heavy atom. The normalized spacial score (nSPS) is 11.5. The first-order chi connectivity index (χ1) is 10.2. The van der Waals surface area contributed by atoms with Gasteiger partial charge >= 0.3 is 12.1 Å². The Kier molecular flexibility index (Phi) is 3.98. The van der Waals surface area contributed by atoms with Crippen molar-refractivity contribution in [2.45, 2.75) is 13.1 Å². The molecule has 0 fully saturated rings. The Morgan fingerprint density at radius 1 is 1.36 bits per heavy atom. The lowest BCUT2D eigenvalue weighted by molar-refractivity contribution is -0.384. The number of alkyl halides is 3. The maximum Gasteiger partial charge on any atom is 0.434 e. The van der Waals surface area contributed by atoms with Crippen LogP contribution < -0.4 is 0 Å². The fourth-order valence-electron chi connectivity index (χ4n) is 1.86. The Morgan fingerprint density at radius 3 is 2.59 bits per heavy atom. The Labute approximate surface area is 121 Å². The molecule has 0 aliphatic carbocycles. The Bertz CT molecular complexity index is 759. The number of non-ortho nitro benzene ring substituents is 1. The predicted molar refractivity (Wildman–Crippen MR) is 69.4 cm³/mol. The van der Waals surface area contributed by atoms with E-state index in [0.717, 1.165) is 24.3 Å². The van der Waals surface area contributed by atoms with Crippen molar-refractivity contribution in [3.05, 3.63) is 45.6 Å². The van der Waals surface area contributed by atoms with E-state index < -0.39 is 28.3 Å². The van der Waals surface area contributed by atoms with E-state index in [4.69, 9.17) is 0 Å². The van der Waals surface area contributed by atoms with Gasteiger partial charge in [-0.25, -0.2) is 9.78 Å². The van der Waals surface area contributed by atoms with Crippen molar-refractivity contribution in [2.75, 3.05) is 6.61 Å². The SMILES string of the molecule is CCOC(=O)c1cc2cc([N+](=O)[O-])ccc2nc1C(F)(F)F. The van der Waals surface area contributed by atoms with Gasteiger partial charge in [0.1, 0.15) is 0 Å². The van der Waals surface area contributed by atoms with E-state index in [-0.39, 0.29) is 23.2 Å². The first-order valence-corrected chi connectivity index (χ1v) is 6.07. The zero-order valence-electron chi connectivity index (χ0n) is 11.2. The van der Waals surface area contributed by atoms with Crippen LogP contribution in [0.15, 0.2) is 24.3 Å². The van der Waals surface area contributed by atoms with E-state index in [1.165, 1.54) is 6.92 Å². The summed E-state index contributed by atoms with van der Waals surface area (Å²) in [5.41, 5.74) is -2.58. The number of benzene rings is 1. The minimum atomic E-state index is -4.85. The molecule has 1 aromatic heterocycles. The van der Waals surface area contributed by atoms with Gasteiger partial charge in [-0.3, -0.25) is 10.1 Å². The summed E-state index contributed by atoms with van der Waals surface area (Å²) in [5, 5.41) is 10.8. The van der Waals surface area contributed by atoms with Crippen LogP contribution in [0.4, 0.5) is 18.9 Å². The summed E-state index contributed by atoms with van der Waals surface area (Å²) >= 11 is 0. The number of ether oxygens (including phenoxy) is 1. The number of fused-ring (bicyclic) bond motifs is 1. The molecule has 2 aromatic rings. The number of hydrogen-bond donors (Lipinski definition) is 0. The van der Waals surface area contributed by atoms with Crippen molar-refractivity contribution in [1.29, 1.82) is 0 Å². The second kappa shape index (κ2) is 5.58. The third kappa shape index (κ3) is 2.97. The molecule has 6 nitrogen and oxygen atoms in total. The average molecular weight is 314 g/mol. The molecule has 0 bridgehead atoms. The number of esters is 1. The summed E-state index contributed by atoms with van der Waals surface area (Å²) in [5.74, 6) is -1.18.